The van der Waals surface area contributed by atoms with Gasteiger partial charge in [0.1, 0.15) is 4.90 Å². The molecule has 0 spiro atoms. The van der Waals surface area contributed by atoms with Crippen LogP contribution in [0.15, 0.2) is 39.8 Å². The molecule has 0 amide bonds. The van der Waals surface area contributed by atoms with E-state index in [-0.39, 0.29) is 26.4 Å². The lowest BCUT2D eigenvalue weighted by atomic mass is 10.4. The number of nitrogens with two attached hydrogens (primary N) is 1. The van der Waals surface area contributed by atoms with Crippen molar-refractivity contribution in [3.8, 4) is 0 Å². The van der Waals surface area contributed by atoms with Crippen LogP contribution in [0.25, 0.3) is 0 Å². The highest BCUT2D eigenvalue weighted by molar-refractivity contribution is 9.10. The Bertz CT molecular complexity index is 745. The van der Waals surface area contributed by atoms with Gasteiger partial charge in [0.25, 0.3) is 10.0 Å². The first-order chi connectivity index (χ1) is 9.31. The molecule has 3 N–H and O–H groups in total. The zero-order valence-electron chi connectivity index (χ0n) is 9.77. The van der Waals surface area contributed by atoms with Crippen molar-refractivity contribution >= 4 is 60.7 Å². The summed E-state index contributed by atoms with van der Waals surface area (Å²) in [5.41, 5.74) is 5.84. The Hall–Kier alpha value is -1.02. The summed E-state index contributed by atoms with van der Waals surface area (Å²) in [6, 6.07) is 5.98. The number of anilines is 2. The molecule has 1 aromatic carbocycles. The first kappa shape index (κ1) is 15.4. The van der Waals surface area contributed by atoms with Gasteiger partial charge in [-0.15, -0.1) is 0 Å². The molecule has 0 aliphatic carbocycles. The SMILES string of the molecule is Nc1cccnc1NS(=O)(=O)c1c(Cl)cc(Br)cc1Cl. The molecular weight excluding hydrogens is 389 g/mol. The monoisotopic (exact) mass is 395 g/mol. The lowest BCUT2D eigenvalue weighted by Gasteiger charge is -2.12. The van der Waals surface area contributed by atoms with Crippen molar-refractivity contribution in [3.63, 3.8) is 0 Å². The van der Waals surface area contributed by atoms with Gasteiger partial charge in [0.15, 0.2) is 5.82 Å². The minimum Gasteiger partial charge on any atom is -0.396 e. The molecule has 2 aromatic rings. The second kappa shape index (κ2) is 5.77. The van der Waals surface area contributed by atoms with E-state index in [1.807, 2.05) is 0 Å². The fourth-order valence-corrected chi connectivity index (χ4v) is 4.44. The third-order valence-electron chi connectivity index (χ3n) is 2.30. The predicted octanol–water partition coefficient (Wildman–Crippen LogP) is 3.53. The van der Waals surface area contributed by atoms with Crippen LogP contribution in [-0.4, -0.2) is 13.4 Å². The second-order valence-corrected chi connectivity index (χ2v) is 7.09. The topological polar surface area (TPSA) is 85.1 Å². The number of hydrogen-bond donors (Lipinski definition) is 2. The van der Waals surface area contributed by atoms with Crippen molar-refractivity contribution in [3.05, 3.63) is 45.0 Å². The van der Waals surface area contributed by atoms with Crippen LogP contribution in [0.3, 0.4) is 0 Å². The maximum atomic E-state index is 12.3. The van der Waals surface area contributed by atoms with Gasteiger partial charge in [0.2, 0.25) is 0 Å². The summed E-state index contributed by atoms with van der Waals surface area (Å²) in [4.78, 5) is 3.63. The molecule has 106 valence electrons. The molecule has 1 aromatic heterocycles. The van der Waals surface area contributed by atoms with E-state index in [2.05, 4.69) is 25.6 Å². The van der Waals surface area contributed by atoms with Crippen LogP contribution in [0.2, 0.25) is 10.0 Å². The van der Waals surface area contributed by atoms with Crippen molar-refractivity contribution < 1.29 is 8.42 Å². The van der Waals surface area contributed by atoms with Crippen molar-refractivity contribution in [2.24, 2.45) is 0 Å². The van der Waals surface area contributed by atoms with Crippen molar-refractivity contribution in [2.75, 3.05) is 10.5 Å². The average Bonchev–Trinajstić information content (AvgIpc) is 2.30. The zero-order chi connectivity index (χ0) is 14.9. The number of halogens is 3. The Balaban J connectivity index is 2.50. The number of benzene rings is 1. The Morgan fingerprint density at radius 1 is 1.25 bits per heavy atom. The fraction of sp³-hybridized carbons (Fsp3) is 0. The lowest BCUT2D eigenvalue weighted by molar-refractivity contribution is 0.601. The molecule has 0 radical (unpaired) electrons. The maximum Gasteiger partial charge on any atom is 0.266 e. The van der Waals surface area contributed by atoms with Gasteiger partial charge in [0.05, 0.1) is 15.7 Å². The molecule has 0 fully saturated rings. The fourth-order valence-electron chi connectivity index (χ4n) is 1.47. The van der Waals surface area contributed by atoms with Crippen LogP contribution in [0, 0.1) is 0 Å². The van der Waals surface area contributed by atoms with Crippen LogP contribution in [0.5, 0.6) is 0 Å². The third-order valence-corrected chi connectivity index (χ3v) is 5.02. The molecular formula is C11H8BrCl2N3O2S. The molecule has 0 saturated heterocycles. The number of aromatic nitrogens is 1. The molecule has 0 aliphatic rings. The Morgan fingerprint density at radius 2 is 1.85 bits per heavy atom. The van der Waals surface area contributed by atoms with Gasteiger partial charge < -0.3 is 5.73 Å². The van der Waals surface area contributed by atoms with Gasteiger partial charge in [0, 0.05) is 10.7 Å². The highest BCUT2D eigenvalue weighted by Gasteiger charge is 2.23. The van der Waals surface area contributed by atoms with E-state index in [4.69, 9.17) is 28.9 Å². The number of rotatable bonds is 3. The highest BCUT2D eigenvalue weighted by atomic mass is 79.9. The van der Waals surface area contributed by atoms with Gasteiger partial charge in [-0.25, -0.2) is 13.4 Å². The van der Waals surface area contributed by atoms with Gasteiger partial charge in [-0.2, -0.15) is 0 Å². The van der Waals surface area contributed by atoms with Crippen LogP contribution >= 0.6 is 39.1 Å². The Morgan fingerprint density at radius 3 is 2.40 bits per heavy atom. The van der Waals surface area contributed by atoms with Crippen molar-refractivity contribution in [2.45, 2.75) is 4.90 Å². The summed E-state index contributed by atoms with van der Waals surface area (Å²) < 4.78 is 27.5. The number of sulfonamides is 1. The number of nitrogens with zero attached hydrogens (tertiary/aromatic N) is 1. The Kier molecular flexibility index (Phi) is 4.43. The number of pyridine rings is 1. The molecule has 0 unspecified atom stereocenters. The molecule has 9 heteroatoms. The largest absolute Gasteiger partial charge is 0.396 e. The average molecular weight is 397 g/mol. The summed E-state index contributed by atoms with van der Waals surface area (Å²) in [6.45, 7) is 0. The molecule has 0 saturated carbocycles. The summed E-state index contributed by atoms with van der Waals surface area (Å²) in [7, 11) is -3.99. The van der Waals surface area contributed by atoms with E-state index in [0.717, 1.165) is 0 Å². The van der Waals surface area contributed by atoms with E-state index >= 15 is 0 Å². The number of hydrogen-bond acceptors (Lipinski definition) is 4. The quantitative estimate of drug-likeness (QED) is 0.830. The van der Waals surface area contributed by atoms with Gasteiger partial charge in [-0.05, 0) is 24.3 Å². The molecule has 0 atom stereocenters. The summed E-state index contributed by atoms with van der Waals surface area (Å²) in [6.07, 6.45) is 1.42. The van der Waals surface area contributed by atoms with Crippen molar-refractivity contribution in [1.82, 2.24) is 4.98 Å². The van der Waals surface area contributed by atoms with E-state index in [1.54, 1.807) is 6.07 Å². The first-order valence-corrected chi connectivity index (χ1v) is 8.22. The first-order valence-electron chi connectivity index (χ1n) is 5.19. The predicted molar refractivity (Wildman–Crippen MR) is 83.6 cm³/mol. The summed E-state index contributed by atoms with van der Waals surface area (Å²) in [5, 5.41) is -0.0160. The third kappa shape index (κ3) is 3.17. The van der Waals surface area contributed by atoms with Crippen LogP contribution in [0.4, 0.5) is 11.5 Å². The standard InChI is InChI=1S/C11H8BrCl2N3O2S/c12-6-4-7(13)10(8(14)5-6)20(18,19)17-11-9(15)2-1-3-16-11/h1-5H,15H2,(H,16,17). The molecule has 1 heterocycles. The highest BCUT2D eigenvalue weighted by Crippen LogP contribution is 2.34. The normalized spacial score (nSPS) is 11.3. The smallest absolute Gasteiger partial charge is 0.266 e. The van der Waals surface area contributed by atoms with E-state index < -0.39 is 10.0 Å². The van der Waals surface area contributed by atoms with Crippen molar-refractivity contribution in [1.29, 1.82) is 0 Å². The maximum absolute atomic E-state index is 12.3. The van der Waals surface area contributed by atoms with Gasteiger partial charge in [-0.1, -0.05) is 39.1 Å². The van der Waals surface area contributed by atoms with E-state index in [0.29, 0.717) is 4.47 Å². The summed E-state index contributed by atoms with van der Waals surface area (Å²) >= 11 is 15.1. The zero-order valence-corrected chi connectivity index (χ0v) is 13.7. The Labute approximate surface area is 134 Å². The minimum absolute atomic E-state index is 0.00798. The van der Waals surface area contributed by atoms with E-state index in [9.17, 15) is 8.42 Å². The van der Waals surface area contributed by atoms with E-state index in [1.165, 1.54) is 24.4 Å². The van der Waals surface area contributed by atoms with Gasteiger partial charge in [-0.3, -0.25) is 4.72 Å². The number of nitrogens with one attached hydrogen (secondary N) is 1. The minimum atomic E-state index is -3.99. The lowest BCUT2D eigenvalue weighted by Crippen LogP contribution is -2.16. The molecule has 20 heavy (non-hydrogen) atoms. The molecule has 2 rings (SSSR count). The molecule has 5 nitrogen and oxygen atoms in total. The summed E-state index contributed by atoms with van der Waals surface area (Å²) in [5.74, 6) is 0.0163. The van der Waals surface area contributed by atoms with Gasteiger partial charge >= 0.3 is 0 Å². The molecule has 0 bridgehead atoms. The second-order valence-electron chi connectivity index (χ2n) is 3.75. The van der Waals surface area contributed by atoms with Crippen LogP contribution in [-0.2, 0) is 10.0 Å². The van der Waals surface area contributed by atoms with Crippen LogP contribution in [0.1, 0.15) is 0 Å². The molecule has 0 aliphatic heterocycles. The van der Waals surface area contributed by atoms with Crippen LogP contribution < -0.4 is 10.5 Å². The number of nitrogen functional groups attached to an aromatic ring is 1.